The molecule has 20 heavy (non-hydrogen) atoms. The maximum atomic E-state index is 9.98. The molecule has 0 aliphatic heterocycles. The number of nitrogens with zero attached hydrogens (tertiary/aromatic N) is 3. The van der Waals surface area contributed by atoms with E-state index < -0.39 is 0 Å². The lowest BCUT2D eigenvalue weighted by molar-refractivity contribution is 0.191. The van der Waals surface area contributed by atoms with E-state index >= 15 is 0 Å². The first-order valence-corrected chi connectivity index (χ1v) is 6.12. The van der Waals surface area contributed by atoms with Gasteiger partial charge in [0, 0.05) is 11.1 Å². The summed E-state index contributed by atoms with van der Waals surface area (Å²) in [6.07, 6.45) is 1.56. The molecule has 4 nitrogen and oxygen atoms in total. The molecule has 0 atom stereocenters. The molecule has 96 valence electrons. The van der Waals surface area contributed by atoms with Crippen molar-refractivity contribution in [3.63, 3.8) is 0 Å². The molecule has 3 aromatic rings. The molecule has 0 spiro atoms. The van der Waals surface area contributed by atoms with Gasteiger partial charge in [-0.2, -0.15) is 9.99 Å². The maximum absolute atomic E-state index is 9.98. The van der Waals surface area contributed by atoms with Crippen LogP contribution in [-0.4, -0.2) is 14.9 Å². The van der Waals surface area contributed by atoms with Gasteiger partial charge in [0.05, 0.1) is 23.5 Å². The van der Waals surface area contributed by atoms with Crippen molar-refractivity contribution in [1.82, 2.24) is 9.71 Å². The Morgan fingerprint density at radius 2 is 1.75 bits per heavy atom. The number of imidazole rings is 1. The number of benzene rings is 2. The predicted octanol–water partition coefficient (Wildman–Crippen LogP) is 3.33. The van der Waals surface area contributed by atoms with Crippen LogP contribution in [0.1, 0.15) is 5.56 Å². The van der Waals surface area contributed by atoms with Crippen LogP contribution in [0, 0.1) is 11.3 Å². The van der Waals surface area contributed by atoms with Crippen LogP contribution < -0.4 is 0 Å². The smallest absolute Gasteiger partial charge is 0.175 e. The Hall–Kier alpha value is -3.06. The van der Waals surface area contributed by atoms with Gasteiger partial charge >= 0.3 is 0 Å². The van der Waals surface area contributed by atoms with Crippen molar-refractivity contribution in [2.45, 2.75) is 0 Å². The van der Waals surface area contributed by atoms with E-state index in [4.69, 9.17) is 5.26 Å². The summed E-state index contributed by atoms with van der Waals surface area (Å²) in [5, 5.41) is 18.9. The van der Waals surface area contributed by atoms with Crippen molar-refractivity contribution in [2.24, 2.45) is 0 Å². The van der Waals surface area contributed by atoms with Gasteiger partial charge in [-0.1, -0.05) is 42.5 Å². The first kappa shape index (κ1) is 12.0. The Kier molecular flexibility index (Phi) is 2.94. The Balaban J connectivity index is 2.08. The van der Waals surface area contributed by atoms with Crippen molar-refractivity contribution in [1.29, 1.82) is 5.26 Å². The average molecular weight is 261 g/mol. The third-order valence-corrected chi connectivity index (χ3v) is 3.01. The molecular weight excluding hydrogens is 250 g/mol. The second-order valence-corrected chi connectivity index (χ2v) is 4.35. The fraction of sp³-hybridized carbons (Fsp3) is 0. The van der Waals surface area contributed by atoms with Crippen LogP contribution in [0.4, 0.5) is 0 Å². The largest absolute Gasteiger partial charge is 0.427 e. The minimum absolute atomic E-state index is 0.418. The highest BCUT2D eigenvalue weighted by atomic mass is 16.5. The zero-order valence-electron chi connectivity index (χ0n) is 10.6. The molecule has 0 aliphatic carbocycles. The first-order valence-electron chi connectivity index (χ1n) is 6.12. The fourth-order valence-electron chi connectivity index (χ4n) is 2.04. The van der Waals surface area contributed by atoms with E-state index in [1.165, 1.54) is 0 Å². The molecule has 0 radical (unpaired) electrons. The minimum atomic E-state index is 0.418. The van der Waals surface area contributed by atoms with Gasteiger partial charge in [-0.3, -0.25) is 0 Å². The van der Waals surface area contributed by atoms with E-state index in [9.17, 15) is 5.21 Å². The molecule has 0 saturated carbocycles. The summed E-state index contributed by atoms with van der Waals surface area (Å²) in [5.41, 5.74) is 2.85. The van der Waals surface area contributed by atoms with Crippen LogP contribution in [0.5, 0.6) is 0 Å². The number of hydrogen-bond donors (Lipinski definition) is 1. The summed E-state index contributed by atoms with van der Waals surface area (Å²) in [5.74, 6) is 0.418. The highest BCUT2D eigenvalue weighted by molar-refractivity contribution is 5.65. The molecule has 3 rings (SSSR count). The number of hydrogen-bond acceptors (Lipinski definition) is 3. The lowest BCUT2D eigenvalue weighted by Gasteiger charge is -2.00. The highest BCUT2D eigenvalue weighted by Crippen LogP contribution is 2.24. The van der Waals surface area contributed by atoms with E-state index in [1.54, 1.807) is 24.4 Å². The van der Waals surface area contributed by atoms with Crippen molar-refractivity contribution < 1.29 is 5.21 Å². The van der Waals surface area contributed by atoms with E-state index in [-0.39, 0.29) is 0 Å². The molecule has 0 saturated heterocycles. The van der Waals surface area contributed by atoms with Crippen molar-refractivity contribution in [3.05, 3.63) is 66.4 Å². The molecular formula is C16H11N3O. The summed E-state index contributed by atoms with van der Waals surface area (Å²) in [7, 11) is 0. The lowest BCUT2D eigenvalue weighted by Crippen LogP contribution is -1.92. The van der Waals surface area contributed by atoms with E-state index in [0.29, 0.717) is 22.6 Å². The topological polar surface area (TPSA) is 61.8 Å². The van der Waals surface area contributed by atoms with Crippen LogP contribution in [0.3, 0.4) is 0 Å². The molecule has 4 heteroatoms. The van der Waals surface area contributed by atoms with Crippen molar-refractivity contribution in [3.8, 4) is 28.7 Å². The quantitative estimate of drug-likeness (QED) is 0.720. The van der Waals surface area contributed by atoms with Crippen LogP contribution in [0.15, 0.2) is 60.8 Å². The van der Waals surface area contributed by atoms with Crippen LogP contribution in [-0.2, 0) is 0 Å². The lowest BCUT2D eigenvalue weighted by atomic mass is 10.1. The summed E-state index contributed by atoms with van der Waals surface area (Å²) in [6, 6.07) is 18.7. The molecule has 0 fully saturated rings. The normalized spacial score (nSPS) is 10.2. The Bertz CT molecular complexity index is 785. The average Bonchev–Trinajstić information content (AvgIpc) is 2.90. The molecule has 0 unspecified atom stereocenters. The standard InChI is InChI=1S/C16H11N3O/c17-10-12-5-4-8-14(9-12)16-18-15(11-19(16)20)13-6-2-1-3-7-13/h1-9,11,20H. The molecule has 1 heterocycles. The third-order valence-electron chi connectivity index (χ3n) is 3.01. The van der Waals surface area contributed by atoms with Gasteiger partial charge in [0.2, 0.25) is 0 Å². The zero-order chi connectivity index (χ0) is 13.9. The molecule has 1 N–H and O–H groups in total. The van der Waals surface area contributed by atoms with Crippen LogP contribution in [0.2, 0.25) is 0 Å². The number of aromatic nitrogens is 2. The second kappa shape index (κ2) is 4.90. The summed E-state index contributed by atoms with van der Waals surface area (Å²) in [6.45, 7) is 0. The van der Waals surface area contributed by atoms with Crippen LogP contribution >= 0.6 is 0 Å². The molecule has 2 aromatic carbocycles. The summed E-state index contributed by atoms with van der Waals surface area (Å²) < 4.78 is 0.985. The maximum Gasteiger partial charge on any atom is 0.175 e. The van der Waals surface area contributed by atoms with Crippen LogP contribution in [0.25, 0.3) is 22.6 Å². The Morgan fingerprint density at radius 1 is 1.00 bits per heavy atom. The van der Waals surface area contributed by atoms with Crippen molar-refractivity contribution >= 4 is 0 Å². The van der Waals surface area contributed by atoms with E-state index in [2.05, 4.69) is 11.1 Å². The van der Waals surface area contributed by atoms with Gasteiger partial charge in [-0.05, 0) is 12.1 Å². The summed E-state index contributed by atoms with van der Waals surface area (Å²) >= 11 is 0. The third kappa shape index (κ3) is 2.13. The Morgan fingerprint density at radius 3 is 2.50 bits per heavy atom. The molecule has 0 amide bonds. The fourth-order valence-corrected chi connectivity index (χ4v) is 2.04. The number of nitriles is 1. The minimum Gasteiger partial charge on any atom is -0.427 e. The SMILES string of the molecule is N#Cc1cccc(-c2nc(-c3ccccc3)cn2O)c1. The highest BCUT2D eigenvalue weighted by Gasteiger charge is 2.11. The first-order chi connectivity index (χ1) is 9.78. The van der Waals surface area contributed by atoms with E-state index in [0.717, 1.165) is 10.3 Å². The molecule has 0 bridgehead atoms. The van der Waals surface area contributed by atoms with E-state index in [1.807, 2.05) is 36.4 Å². The monoisotopic (exact) mass is 261 g/mol. The van der Waals surface area contributed by atoms with Gasteiger partial charge < -0.3 is 5.21 Å². The Labute approximate surface area is 116 Å². The second-order valence-electron chi connectivity index (χ2n) is 4.35. The van der Waals surface area contributed by atoms with Gasteiger partial charge in [-0.15, -0.1) is 0 Å². The van der Waals surface area contributed by atoms with Gasteiger partial charge in [0.25, 0.3) is 0 Å². The molecule has 0 aliphatic rings. The zero-order valence-corrected chi connectivity index (χ0v) is 10.6. The van der Waals surface area contributed by atoms with Gasteiger partial charge in [0.15, 0.2) is 5.82 Å². The van der Waals surface area contributed by atoms with Gasteiger partial charge in [-0.25, -0.2) is 4.98 Å². The van der Waals surface area contributed by atoms with Crippen molar-refractivity contribution in [2.75, 3.05) is 0 Å². The van der Waals surface area contributed by atoms with Gasteiger partial charge in [0.1, 0.15) is 0 Å². The predicted molar refractivity (Wildman–Crippen MR) is 75.0 cm³/mol. The number of rotatable bonds is 2. The molecule has 1 aromatic heterocycles. The summed E-state index contributed by atoms with van der Waals surface area (Å²) in [4.78, 5) is 4.43.